The number of carbonyl (C=O) groups is 2. The van der Waals surface area contributed by atoms with Gasteiger partial charge in [0.05, 0.1) is 12.0 Å². The van der Waals surface area contributed by atoms with Gasteiger partial charge in [0.2, 0.25) is 11.8 Å². The summed E-state index contributed by atoms with van der Waals surface area (Å²) >= 11 is 0. The van der Waals surface area contributed by atoms with E-state index in [-0.39, 0.29) is 23.8 Å². The van der Waals surface area contributed by atoms with Gasteiger partial charge >= 0.3 is 0 Å². The van der Waals surface area contributed by atoms with Crippen LogP contribution in [0.15, 0.2) is 24.3 Å². The monoisotopic (exact) mass is 315 g/mol. The Balaban J connectivity index is 1.82. The minimum absolute atomic E-state index is 0.0584. The summed E-state index contributed by atoms with van der Waals surface area (Å²) in [6.07, 6.45) is 0.320. The van der Waals surface area contributed by atoms with Crippen LogP contribution in [0.3, 0.4) is 0 Å². The Hall–Kier alpha value is -1.88. The third kappa shape index (κ3) is 3.11. The van der Waals surface area contributed by atoms with Gasteiger partial charge in [-0.05, 0) is 19.5 Å². The lowest BCUT2D eigenvalue weighted by atomic mass is 9.91. The molecule has 124 valence electrons. The summed E-state index contributed by atoms with van der Waals surface area (Å²) in [7, 11) is 3.88. The Kier molecular flexibility index (Phi) is 4.39. The van der Waals surface area contributed by atoms with Crippen molar-refractivity contribution in [2.45, 2.75) is 19.4 Å². The van der Waals surface area contributed by atoms with E-state index in [4.69, 9.17) is 0 Å². The molecule has 2 aliphatic heterocycles. The van der Waals surface area contributed by atoms with Crippen molar-refractivity contribution in [3.8, 4) is 0 Å². The highest BCUT2D eigenvalue weighted by Crippen LogP contribution is 2.38. The molecular weight excluding hydrogens is 290 g/mol. The lowest BCUT2D eigenvalue weighted by Gasteiger charge is -2.35. The van der Waals surface area contributed by atoms with Crippen molar-refractivity contribution in [3.63, 3.8) is 0 Å². The highest BCUT2D eigenvalue weighted by Gasteiger charge is 2.44. The van der Waals surface area contributed by atoms with Crippen LogP contribution in [0.1, 0.15) is 23.6 Å². The molecule has 23 heavy (non-hydrogen) atoms. The van der Waals surface area contributed by atoms with E-state index in [0.29, 0.717) is 6.42 Å². The second-order valence-corrected chi connectivity index (χ2v) is 6.80. The lowest BCUT2D eigenvalue weighted by Crippen LogP contribution is -2.49. The normalized spacial score (nSPS) is 26.0. The van der Waals surface area contributed by atoms with Gasteiger partial charge in [-0.25, -0.2) is 0 Å². The van der Waals surface area contributed by atoms with Gasteiger partial charge in [0.25, 0.3) is 0 Å². The van der Waals surface area contributed by atoms with Crippen LogP contribution in [-0.4, -0.2) is 66.8 Å². The highest BCUT2D eigenvalue weighted by atomic mass is 16.2. The number of hydrogen-bond acceptors (Lipinski definition) is 3. The number of aryl methyl sites for hydroxylation is 1. The number of piperazine rings is 1. The fourth-order valence-corrected chi connectivity index (χ4v) is 3.57. The minimum atomic E-state index is -0.265. The van der Waals surface area contributed by atoms with E-state index >= 15 is 0 Å². The molecular formula is C18H25N3O2. The molecule has 2 amide bonds. The van der Waals surface area contributed by atoms with Crippen molar-refractivity contribution in [1.29, 1.82) is 0 Å². The third-order valence-corrected chi connectivity index (χ3v) is 5.14. The molecule has 0 bridgehead atoms. The van der Waals surface area contributed by atoms with Crippen molar-refractivity contribution in [2.75, 3.05) is 40.3 Å². The van der Waals surface area contributed by atoms with E-state index in [1.165, 1.54) is 5.56 Å². The molecule has 1 aromatic rings. The molecule has 0 radical (unpaired) electrons. The maximum Gasteiger partial charge on any atom is 0.228 e. The first-order valence-electron chi connectivity index (χ1n) is 8.27. The van der Waals surface area contributed by atoms with E-state index in [1.54, 1.807) is 4.90 Å². The van der Waals surface area contributed by atoms with Crippen LogP contribution in [0.5, 0.6) is 0 Å². The van der Waals surface area contributed by atoms with Crippen LogP contribution in [0.2, 0.25) is 0 Å². The zero-order valence-corrected chi connectivity index (χ0v) is 14.2. The molecule has 2 heterocycles. The predicted octanol–water partition coefficient (Wildman–Crippen LogP) is 1.29. The number of nitrogens with zero attached hydrogens (tertiary/aromatic N) is 3. The maximum atomic E-state index is 13.0. The fourth-order valence-electron chi connectivity index (χ4n) is 3.57. The molecule has 0 aromatic heterocycles. The number of benzene rings is 1. The molecule has 5 nitrogen and oxygen atoms in total. The minimum Gasteiger partial charge on any atom is -0.340 e. The van der Waals surface area contributed by atoms with E-state index in [1.807, 2.05) is 43.1 Å². The Bertz CT molecular complexity index is 591. The molecule has 2 fully saturated rings. The number of carbonyl (C=O) groups excluding carboxylic acids is 2. The van der Waals surface area contributed by atoms with Gasteiger partial charge in [0, 0.05) is 39.6 Å². The van der Waals surface area contributed by atoms with E-state index < -0.39 is 0 Å². The largest absolute Gasteiger partial charge is 0.340 e. The molecule has 2 atom stereocenters. The highest BCUT2D eigenvalue weighted by molar-refractivity contribution is 5.90. The van der Waals surface area contributed by atoms with Crippen molar-refractivity contribution in [3.05, 3.63) is 35.4 Å². The summed E-state index contributed by atoms with van der Waals surface area (Å²) in [6, 6.07) is 8.03. The van der Waals surface area contributed by atoms with Gasteiger partial charge in [-0.1, -0.05) is 29.8 Å². The zero-order chi connectivity index (χ0) is 16.6. The molecule has 5 heteroatoms. The molecule has 0 N–H and O–H groups in total. The van der Waals surface area contributed by atoms with Crippen LogP contribution in [0.25, 0.3) is 0 Å². The van der Waals surface area contributed by atoms with Gasteiger partial charge in [0.1, 0.15) is 0 Å². The second kappa shape index (κ2) is 6.32. The van der Waals surface area contributed by atoms with E-state index in [0.717, 1.165) is 31.7 Å². The molecule has 0 unspecified atom stereocenters. The number of hydrogen-bond donors (Lipinski definition) is 0. The van der Waals surface area contributed by atoms with Crippen LogP contribution in [-0.2, 0) is 9.59 Å². The van der Waals surface area contributed by atoms with Crippen molar-refractivity contribution < 1.29 is 9.59 Å². The smallest absolute Gasteiger partial charge is 0.228 e. The van der Waals surface area contributed by atoms with Crippen LogP contribution in [0, 0.1) is 12.8 Å². The van der Waals surface area contributed by atoms with Gasteiger partial charge in [0.15, 0.2) is 0 Å². The molecule has 0 saturated carbocycles. The van der Waals surface area contributed by atoms with Gasteiger partial charge in [-0.15, -0.1) is 0 Å². The van der Waals surface area contributed by atoms with Gasteiger partial charge in [-0.3, -0.25) is 9.59 Å². The Morgan fingerprint density at radius 3 is 2.26 bits per heavy atom. The molecule has 0 aliphatic carbocycles. The Morgan fingerprint density at radius 2 is 1.65 bits per heavy atom. The molecule has 0 spiro atoms. The molecule has 2 saturated heterocycles. The zero-order valence-electron chi connectivity index (χ0n) is 14.2. The standard InChI is InChI=1S/C18H25N3O2/c1-13-4-6-14(7-5-13)17-15(12-16(22)20(17)3)18(23)21-10-8-19(2)9-11-21/h4-7,15,17H,8-12H2,1-3H3/t15-,17-/m1/s1. The first kappa shape index (κ1) is 16.0. The van der Waals surface area contributed by atoms with Crippen molar-refractivity contribution >= 4 is 11.8 Å². The average molecular weight is 315 g/mol. The average Bonchev–Trinajstić information content (AvgIpc) is 2.84. The van der Waals surface area contributed by atoms with Crippen LogP contribution < -0.4 is 0 Å². The third-order valence-electron chi connectivity index (χ3n) is 5.14. The van der Waals surface area contributed by atoms with Crippen molar-refractivity contribution in [2.24, 2.45) is 5.92 Å². The topological polar surface area (TPSA) is 43.9 Å². The summed E-state index contributed by atoms with van der Waals surface area (Å²) < 4.78 is 0. The maximum absolute atomic E-state index is 13.0. The van der Waals surface area contributed by atoms with Crippen LogP contribution in [0.4, 0.5) is 0 Å². The lowest BCUT2D eigenvalue weighted by molar-refractivity contribution is -0.138. The number of amides is 2. The fraction of sp³-hybridized carbons (Fsp3) is 0.556. The second-order valence-electron chi connectivity index (χ2n) is 6.80. The van der Waals surface area contributed by atoms with E-state index in [9.17, 15) is 9.59 Å². The quantitative estimate of drug-likeness (QED) is 0.826. The summed E-state index contributed by atoms with van der Waals surface area (Å²) in [5, 5.41) is 0. The summed E-state index contributed by atoms with van der Waals surface area (Å²) in [4.78, 5) is 31.1. The summed E-state index contributed by atoms with van der Waals surface area (Å²) in [5.74, 6) is -0.0805. The number of rotatable bonds is 2. The van der Waals surface area contributed by atoms with Crippen molar-refractivity contribution in [1.82, 2.24) is 14.7 Å². The first-order valence-corrected chi connectivity index (χ1v) is 8.27. The number of likely N-dealkylation sites (N-methyl/N-ethyl adjacent to an activating group) is 1. The summed E-state index contributed by atoms with van der Waals surface area (Å²) in [5.41, 5.74) is 2.24. The predicted molar refractivity (Wildman–Crippen MR) is 88.9 cm³/mol. The molecule has 1 aromatic carbocycles. The number of likely N-dealkylation sites (tertiary alicyclic amines) is 1. The van der Waals surface area contributed by atoms with Crippen LogP contribution >= 0.6 is 0 Å². The Morgan fingerprint density at radius 1 is 1.04 bits per heavy atom. The van der Waals surface area contributed by atoms with Gasteiger partial charge < -0.3 is 14.7 Å². The molecule has 3 rings (SSSR count). The summed E-state index contributed by atoms with van der Waals surface area (Å²) in [6.45, 7) is 5.35. The SMILES string of the molecule is Cc1ccc([C@@H]2[C@H](C(=O)N3CCN(C)CC3)CC(=O)N2C)cc1. The first-order chi connectivity index (χ1) is 11.0. The Labute approximate surface area is 137 Å². The van der Waals surface area contributed by atoms with E-state index in [2.05, 4.69) is 11.9 Å². The molecule has 2 aliphatic rings. The van der Waals surface area contributed by atoms with Gasteiger partial charge in [-0.2, -0.15) is 0 Å².